The molecule has 0 saturated heterocycles. The minimum absolute atomic E-state index is 1.00. The van der Waals surface area contributed by atoms with Crippen molar-refractivity contribution in [2.45, 2.75) is 6.42 Å². The second-order valence-electron chi connectivity index (χ2n) is 4.33. The molecule has 0 saturated carbocycles. The molecule has 1 aromatic carbocycles. The van der Waals surface area contributed by atoms with Gasteiger partial charge in [-0.15, -0.1) is 0 Å². The summed E-state index contributed by atoms with van der Waals surface area (Å²) in [5, 5.41) is 0. The van der Waals surface area contributed by atoms with Crippen LogP contribution in [-0.2, 0) is 0 Å². The topological polar surface area (TPSA) is 3.24 Å². The Labute approximate surface area is 102 Å². The van der Waals surface area contributed by atoms with E-state index in [4.69, 9.17) is 0 Å². The molecule has 1 aliphatic heterocycles. The smallest absolute Gasteiger partial charge is 0.0481 e. The molecule has 0 aromatic heterocycles. The van der Waals surface area contributed by atoms with Crippen LogP contribution in [0.5, 0.6) is 0 Å². The zero-order chi connectivity index (χ0) is 11.7. The van der Waals surface area contributed by atoms with Crippen LogP contribution in [0.3, 0.4) is 0 Å². The predicted octanol–water partition coefficient (Wildman–Crippen LogP) is 3.92. The largest absolute Gasteiger partial charge is 0.344 e. The number of likely N-dealkylation sites (N-methyl/N-ethyl adjacent to an activating group) is 1. The maximum atomic E-state index is 2.27. The summed E-state index contributed by atoms with van der Waals surface area (Å²) in [6, 6.07) is 8.49. The molecule has 1 aliphatic carbocycles. The third-order valence-electron chi connectivity index (χ3n) is 3.26. The minimum Gasteiger partial charge on any atom is -0.344 e. The average molecular weight is 221 g/mol. The van der Waals surface area contributed by atoms with Crippen molar-refractivity contribution in [2.75, 3.05) is 11.9 Å². The fourth-order valence-electron chi connectivity index (χ4n) is 2.34. The van der Waals surface area contributed by atoms with Crippen LogP contribution in [0.25, 0.3) is 6.08 Å². The van der Waals surface area contributed by atoms with Crippen LogP contribution < -0.4 is 4.90 Å². The number of allylic oxidation sites excluding steroid dienone is 5. The number of hydrogen-bond donors (Lipinski definition) is 0. The molecule has 0 amide bonds. The van der Waals surface area contributed by atoms with Gasteiger partial charge in [-0.25, -0.2) is 0 Å². The second kappa shape index (κ2) is 4.10. The summed E-state index contributed by atoms with van der Waals surface area (Å²) in [7, 11) is 2.13. The molecule has 0 atom stereocenters. The molecule has 17 heavy (non-hydrogen) atoms. The molecular formula is C16H15N. The fraction of sp³-hybridized carbons (Fsp3) is 0.125. The van der Waals surface area contributed by atoms with Crippen LogP contribution in [0, 0.1) is 0 Å². The van der Waals surface area contributed by atoms with Crippen LogP contribution in [-0.4, -0.2) is 7.05 Å². The maximum absolute atomic E-state index is 2.27. The molecule has 0 radical (unpaired) electrons. The highest BCUT2D eigenvalue weighted by molar-refractivity contribution is 5.76. The summed E-state index contributed by atoms with van der Waals surface area (Å²) >= 11 is 0. The Kier molecular flexibility index (Phi) is 2.45. The van der Waals surface area contributed by atoms with Crippen LogP contribution in [0.15, 0.2) is 65.9 Å². The minimum atomic E-state index is 1.00. The quantitative estimate of drug-likeness (QED) is 0.641. The van der Waals surface area contributed by atoms with Gasteiger partial charge in [-0.1, -0.05) is 48.6 Å². The van der Waals surface area contributed by atoms with Crippen LogP contribution in [0.2, 0.25) is 0 Å². The Morgan fingerprint density at radius 1 is 1.12 bits per heavy atom. The van der Waals surface area contributed by atoms with E-state index in [1.807, 2.05) is 0 Å². The Morgan fingerprint density at radius 2 is 2.00 bits per heavy atom. The summed E-state index contributed by atoms with van der Waals surface area (Å²) in [6.45, 7) is 0. The summed E-state index contributed by atoms with van der Waals surface area (Å²) in [6.07, 6.45) is 14.2. The van der Waals surface area contributed by atoms with E-state index in [2.05, 4.69) is 72.7 Å². The van der Waals surface area contributed by atoms with Gasteiger partial charge in [0.25, 0.3) is 0 Å². The molecule has 1 nitrogen and oxygen atoms in total. The number of hydrogen-bond acceptors (Lipinski definition) is 1. The van der Waals surface area contributed by atoms with Crippen molar-refractivity contribution in [3.8, 4) is 0 Å². The van der Waals surface area contributed by atoms with E-state index in [0.717, 1.165) is 6.42 Å². The molecule has 1 aromatic rings. The monoisotopic (exact) mass is 221 g/mol. The van der Waals surface area contributed by atoms with Crippen LogP contribution >= 0.6 is 0 Å². The SMILES string of the molecule is CN1C2=CC=CCC=C2C=Cc2ccccc21. The second-order valence-corrected chi connectivity index (χ2v) is 4.33. The molecule has 1 heteroatoms. The van der Waals surface area contributed by atoms with E-state index in [-0.39, 0.29) is 0 Å². The number of fused-ring (bicyclic) bond motifs is 2. The third kappa shape index (κ3) is 1.74. The van der Waals surface area contributed by atoms with Gasteiger partial charge in [0, 0.05) is 18.4 Å². The highest BCUT2D eigenvalue weighted by Gasteiger charge is 2.15. The van der Waals surface area contributed by atoms with Crippen molar-refractivity contribution < 1.29 is 0 Å². The lowest BCUT2D eigenvalue weighted by atomic mass is 10.1. The van der Waals surface area contributed by atoms with E-state index in [1.54, 1.807) is 0 Å². The van der Waals surface area contributed by atoms with Gasteiger partial charge in [0.1, 0.15) is 0 Å². The molecule has 0 fully saturated rings. The first-order chi connectivity index (χ1) is 8.36. The summed E-state index contributed by atoms with van der Waals surface area (Å²) in [5.74, 6) is 0. The maximum Gasteiger partial charge on any atom is 0.0481 e. The van der Waals surface area contributed by atoms with E-state index < -0.39 is 0 Å². The van der Waals surface area contributed by atoms with Gasteiger partial charge in [-0.3, -0.25) is 0 Å². The van der Waals surface area contributed by atoms with Crippen molar-refractivity contribution in [1.29, 1.82) is 0 Å². The molecule has 0 N–H and O–H groups in total. The molecular weight excluding hydrogens is 206 g/mol. The van der Waals surface area contributed by atoms with Crippen LogP contribution in [0.1, 0.15) is 12.0 Å². The molecule has 3 rings (SSSR count). The van der Waals surface area contributed by atoms with Gasteiger partial charge in [-0.05, 0) is 29.7 Å². The lowest BCUT2D eigenvalue weighted by molar-refractivity contribution is 1.12. The first kappa shape index (κ1) is 10.2. The highest BCUT2D eigenvalue weighted by Crippen LogP contribution is 2.32. The molecule has 2 aliphatic rings. The Bertz CT molecular complexity index is 559. The van der Waals surface area contributed by atoms with Crippen LogP contribution in [0.4, 0.5) is 5.69 Å². The Hall–Kier alpha value is -2.02. The lowest BCUT2D eigenvalue weighted by Gasteiger charge is -2.23. The highest BCUT2D eigenvalue weighted by atomic mass is 15.1. The first-order valence-corrected chi connectivity index (χ1v) is 5.94. The standard InChI is InChI=1S/C16H15N/c1-17-15-9-4-2-3-7-13(15)11-12-14-8-5-6-10-16(14)17/h2,4-12H,3H2,1H3. The average Bonchev–Trinajstić information content (AvgIpc) is 2.66. The van der Waals surface area contributed by atoms with E-state index in [1.165, 1.54) is 22.5 Å². The van der Waals surface area contributed by atoms with Crippen molar-refractivity contribution in [2.24, 2.45) is 0 Å². The summed E-state index contributed by atoms with van der Waals surface area (Å²) in [5.41, 5.74) is 5.09. The van der Waals surface area contributed by atoms with Gasteiger partial charge in [-0.2, -0.15) is 0 Å². The fourth-order valence-corrected chi connectivity index (χ4v) is 2.34. The normalized spacial score (nSPS) is 17.6. The molecule has 0 spiro atoms. The molecule has 0 unspecified atom stereocenters. The summed E-state index contributed by atoms with van der Waals surface area (Å²) < 4.78 is 0. The summed E-state index contributed by atoms with van der Waals surface area (Å²) in [4.78, 5) is 2.26. The Balaban J connectivity index is 2.19. The Morgan fingerprint density at radius 3 is 2.94 bits per heavy atom. The van der Waals surface area contributed by atoms with Gasteiger partial charge < -0.3 is 4.90 Å². The van der Waals surface area contributed by atoms with Crippen molar-refractivity contribution in [3.63, 3.8) is 0 Å². The zero-order valence-corrected chi connectivity index (χ0v) is 9.93. The van der Waals surface area contributed by atoms with Crippen molar-refractivity contribution in [1.82, 2.24) is 0 Å². The van der Waals surface area contributed by atoms with Crippen molar-refractivity contribution in [3.05, 3.63) is 71.5 Å². The van der Waals surface area contributed by atoms with Gasteiger partial charge in [0.15, 0.2) is 0 Å². The van der Waals surface area contributed by atoms with E-state index >= 15 is 0 Å². The van der Waals surface area contributed by atoms with Crippen molar-refractivity contribution >= 4 is 11.8 Å². The number of benzene rings is 1. The number of para-hydroxylation sites is 1. The van der Waals surface area contributed by atoms with Gasteiger partial charge in [0.05, 0.1) is 0 Å². The van der Waals surface area contributed by atoms with E-state index in [9.17, 15) is 0 Å². The lowest BCUT2D eigenvalue weighted by Crippen LogP contribution is -2.17. The first-order valence-electron chi connectivity index (χ1n) is 5.94. The number of nitrogens with zero attached hydrogens (tertiary/aromatic N) is 1. The van der Waals surface area contributed by atoms with Gasteiger partial charge >= 0.3 is 0 Å². The number of rotatable bonds is 0. The number of anilines is 1. The molecule has 0 bridgehead atoms. The predicted molar refractivity (Wildman–Crippen MR) is 73.8 cm³/mol. The zero-order valence-electron chi connectivity index (χ0n) is 9.93. The van der Waals surface area contributed by atoms with Gasteiger partial charge in [0.2, 0.25) is 0 Å². The molecule has 84 valence electrons. The molecule has 1 heterocycles. The third-order valence-corrected chi connectivity index (χ3v) is 3.26. The van der Waals surface area contributed by atoms with E-state index in [0.29, 0.717) is 0 Å².